The average Bonchev–Trinajstić information content (AvgIpc) is 3.35. The Morgan fingerprint density at radius 1 is 1.19 bits per heavy atom. The maximum atomic E-state index is 13.3. The number of carboxylic acid groups (broad SMARTS) is 2. The lowest BCUT2D eigenvalue weighted by atomic mass is 9.81. The molecular formula is C17H21F4NO5. The summed E-state index contributed by atoms with van der Waals surface area (Å²) in [4.78, 5) is 20.3. The van der Waals surface area contributed by atoms with Gasteiger partial charge in [0.25, 0.3) is 0 Å². The molecule has 1 aromatic rings. The summed E-state index contributed by atoms with van der Waals surface area (Å²) >= 11 is 0. The summed E-state index contributed by atoms with van der Waals surface area (Å²) in [7, 11) is 0. The number of carbonyl (C=O) groups is 2. The van der Waals surface area contributed by atoms with Crippen LogP contribution in [-0.2, 0) is 16.1 Å². The number of carboxylic acids is 2. The molecule has 0 heterocycles. The first-order chi connectivity index (χ1) is 12.3. The van der Waals surface area contributed by atoms with Gasteiger partial charge in [-0.05, 0) is 38.7 Å². The normalized spacial score (nSPS) is 15.5. The second-order valence-corrected chi connectivity index (χ2v) is 6.77. The summed E-state index contributed by atoms with van der Waals surface area (Å²) in [6.07, 6.45) is -3.08. The van der Waals surface area contributed by atoms with Crippen molar-refractivity contribution in [3.8, 4) is 5.75 Å². The molecule has 0 bridgehead atoms. The summed E-state index contributed by atoms with van der Waals surface area (Å²) in [5, 5.41) is 29.3. The van der Waals surface area contributed by atoms with Crippen LogP contribution in [0.15, 0.2) is 18.2 Å². The van der Waals surface area contributed by atoms with E-state index in [1.54, 1.807) is 19.9 Å². The molecule has 152 valence electrons. The molecule has 27 heavy (non-hydrogen) atoms. The van der Waals surface area contributed by atoms with E-state index in [-0.39, 0.29) is 18.3 Å². The van der Waals surface area contributed by atoms with E-state index in [4.69, 9.17) is 9.90 Å². The molecule has 0 amide bonds. The van der Waals surface area contributed by atoms with Gasteiger partial charge in [0.1, 0.15) is 0 Å². The zero-order valence-corrected chi connectivity index (χ0v) is 14.7. The predicted octanol–water partition coefficient (Wildman–Crippen LogP) is 3.14. The van der Waals surface area contributed by atoms with E-state index in [1.807, 2.05) is 0 Å². The van der Waals surface area contributed by atoms with Crippen LogP contribution in [0.25, 0.3) is 0 Å². The smallest absolute Gasteiger partial charge is 0.490 e. The van der Waals surface area contributed by atoms with E-state index in [1.165, 1.54) is 12.1 Å². The van der Waals surface area contributed by atoms with Crippen molar-refractivity contribution in [1.29, 1.82) is 0 Å². The lowest BCUT2D eigenvalue weighted by Crippen LogP contribution is -2.47. The van der Waals surface area contributed by atoms with Gasteiger partial charge in [0, 0.05) is 18.2 Å². The van der Waals surface area contributed by atoms with Gasteiger partial charge >= 0.3 is 18.1 Å². The molecule has 1 aliphatic carbocycles. The van der Waals surface area contributed by atoms with Crippen LogP contribution < -0.4 is 5.32 Å². The van der Waals surface area contributed by atoms with Crippen LogP contribution in [0.2, 0.25) is 0 Å². The molecule has 0 radical (unpaired) electrons. The fourth-order valence-electron chi connectivity index (χ4n) is 2.50. The number of halogens is 4. The Bertz CT molecular complexity index is 686. The van der Waals surface area contributed by atoms with Crippen molar-refractivity contribution >= 4 is 11.9 Å². The molecule has 0 aliphatic heterocycles. The van der Waals surface area contributed by atoms with Gasteiger partial charge in [0.15, 0.2) is 11.6 Å². The fourth-order valence-corrected chi connectivity index (χ4v) is 2.50. The maximum Gasteiger partial charge on any atom is 0.490 e. The number of rotatable bonds is 6. The lowest BCUT2D eigenvalue weighted by Gasteiger charge is -2.31. The van der Waals surface area contributed by atoms with Gasteiger partial charge in [-0.3, -0.25) is 4.79 Å². The Labute approximate surface area is 152 Å². The Balaban J connectivity index is 0.000000445. The Morgan fingerprint density at radius 3 is 2.11 bits per heavy atom. The molecule has 6 nitrogen and oxygen atoms in total. The van der Waals surface area contributed by atoms with Crippen molar-refractivity contribution in [3.05, 3.63) is 29.6 Å². The van der Waals surface area contributed by atoms with Gasteiger partial charge in [-0.15, -0.1) is 0 Å². The van der Waals surface area contributed by atoms with Gasteiger partial charge in [-0.2, -0.15) is 13.2 Å². The number of phenolic OH excluding ortho intramolecular Hbond substituents is 1. The van der Waals surface area contributed by atoms with Crippen LogP contribution in [0.1, 0.15) is 32.3 Å². The molecule has 2 rings (SSSR count). The highest BCUT2D eigenvalue weighted by Gasteiger charge is 2.45. The van der Waals surface area contributed by atoms with Crippen molar-refractivity contribution < 1.29 is 42.5 Å². The number of nitrogens with one attached hydrogen (secondary N) is 1. The standard InChI is InChI=1S/C15H20FNO3.C2HF3O2/c1-15(2,14(19)20)13(9-6-7-9)17-8-10-4-3-5-11(16)12(10)18;3-2(4,5)1(6)7/h3-5,9,13,17-18H,6-8H2,1-2H3,(H,19,20);(H,6,7). The van der Waals surface area contributed by atoms with E-state index in [2.05, 4.69) is 5.32 Å². The molecule has 0 spiro atoms. The summed E-state index contributed by atoms with van der Waals surface area (Å²) in [6.45, 7) is 3.63. The van der Waals surface area contributed by atoms with E-state index >= 15 is 0 Å². The largest absolute Gasteiger partial charge is 0.505 e. The van der Waals surface area contributed by atoms with Crippen molar-refractivity contribution in [2.75, 3.05) is 0 Å². The van der Waals surface area contributed by atoms with Crippen LogP contribution in [-0.4, -0.2) is 39.5 Å². The fraction of sp³-hybridized carbons (Fsp3) is 0.529. The van der Waals surface area contributed by atoms with Crippen molar-refractivity contribution in [1.82, 2.24) is 5.32 Å². The van der Waals surface area contributed by atoms with Crippen LogP contribution in [0, 0.1) is 17.2 Å². The number of aromatic hydroxyl groups is 1. The highest BCUT2D eigenvalue weighted by Crippen LogP contribution is 2.41. The average molecular weight is 395 g/mol. The topological polar surface area (TPSA) is 107 Å². The third-order valence-electron chi connectivity index (χ3n) is 4.25. The van der Waals surface area contributed by atoms with Crippen molar-refractivity contribution in [2.24, 2.45) is 11.3 Å². The monoisotopic (exact) mass is 395 g/mol. The number of hydrogen-bond donors (Lipinski definition) is 4. The van der Waals surface area contributed by atoms with Gasteiger partial charge in [0.2, 0.25) is 0 Å². The van der Waals surface area contributed by atoms with Crippen LogP contribution in [0.5, 0.6) is 5.75 Å². The Hall–Kier alpha value is -2.36. The first-order valence-electron chi connectivity index (χ1n) is 8.01. The van der Waals surface area contributed by atoms with Crippen LogP contribution >= 0.6 is 0 Å². The summed E-state index contributed by atoms with van der Waals surface area (Å²) in [6, 6.07) is 4.16. The quantitative estimate of drug-likeness (QED) is 0.552. The molecule has 10 heteroatoms. The molecule has 1 aromatic carbocycles. The minimum absolute atomic E-state index is 0.192. The van der Waals surface area contributed by atoms with E-state index < -0.39 is 29.3 Å². The third kappa shape index (κ3) is 6.38. The number of alkyl halides is 3. The molecule has 4 N–H and O–H groups in total. The number of phenols is 1. The van der Waals surface area contributed by atoms with Gasteiger partial charge in [-0.1, -0.05) is 12.1 Å². The molecule has 1 aliphatic rings. The minimum Gasteiger partial charge on any atom is -0.505 e. The second kappa shape index (κ2) is 8.55. The molecule has 1 unspecified atom stereocenters. The van der Waals surface area contributed by atoms with Gasteiger partial charge in [-0.25, -0.2) is 9.18 Å². The van der Waals surface area contributed by atoms with E-state index in [0.717, 1.165) is 12.8 Å². The lowest BCUT2D eigenvalue weighted by molar-refractivity contribution is -0.192. The zero-order chi connectivity index (χ0) is 21.0. The summed E-state index contributed by atoms with van der Waals surface area (Å²) in [5.74, 6) is -4.32. The van der Waals surface area contributed by atoms with Crippen molar-refractivity contribution in [3.63, 3.8) is 0 Å². The zero-order valence-electron chi connectivity index (χ0n) is 14.7. The van der Waals surface area contributed by atoms with E-state index in [0.29, 0.717) is 11.5 Å². The van der Waals surface area contributed by atoms with Crippen molar-refractivity contribution in [2.45, 2.75) is 45.5 Å². The van der Waals surface area contributed by atoms with Crippen LogP contribution in [0.4, 0.5) is 17.6 Å². The highest BCUT2D eigenvalue weighted by molar-refractivity contribution is 5.74. The third-order valence-corrected chi connectivity index (χ3v) is 4.25. The molecule has 1 atom stereocenters. The molecule has 1 fully saturated rings. The van der Waals surface area contributed by atoms with E-state index in [9.17, 15) is 32.6 Å². The highest BCUT2D eigenvalue weighted by atomic mass is 19.4. The summed E-state index contributed by atoms with van der Waals surface area (Å²) < 4.78 is 45.0. The second-order valence-electron chi connectivity index (χ2n) is 6.77. The molecular weight excluding hydrogens is 374 g/mol. The summed E-state index contributed by atoms with van der Waals surface area (Å²) in [5.41, 5.74) is -0.457. The predicted molar refractivity (Wildman–Crippen MR) is 86.5 cm³/mol. The number of aliphatic carboxylic acids is 2. The Kier molecular flexibility index (Phi) is 7.18. The van der Waals surface area contributed by atoms with Crippen LogP contribution in [0.3, 0.4) is 0 Å². The number of para-hydroxylation sites is 1. The van der Waals surface area contributed by atoms with Gasteiger partial charge < -0.3 is 20.6 Å². The minimum atomic E-state index is -5.08. The molecule has 0 aromatic heterocycles. The number of hydrogen-bond acceptors (Lipinski definition) is 4. The molecule has 0 saturated heterocycles. The SMILES string of the molecule is CC(C)(C(=O)O)C(NCc1cccc(F)c1O)C1CC1.O=C(O)C(F)(F)F. The first-order valence-corrected chi connectivity index (χ1v) is 8.01. The molecule has 1 saturated carbocycles. The maximum absolute atomic E-state index is 13.3. The number of benzene rings is 1. The van der Waals surface area contributed by atoms with Gasteiger partial charge in [0.05, 0.1) is 5.41 Å². The Morgan fingerprint density at radius 2 is 1.70 bits per heavy atom. The first kappa shape index (κ1) is 22.7.